The first-order chi connectivity index (χ1) is 9.75. The van der Waals surface area contributed by atoms with E-state index in [0.717, 1.165) is 11.4 Å². The molecule has 0 radical (unpaired) electrons. The van der Waals surface area contributed by atoms with Gasteiger partial charge in [0.2, 0.25) is 0 Å². The molecule has 2 N–H and O–H groups in total. The number of hydrogen-bond acceptors (Lipinski definition) is 4. The van der Waals surface area contributed by atoms with Crippen LogP contribution in [-0.2, 0) is 16.8 Å². The zero-order valence-corrected chi connectivity index (χ0v) is 13.7. The van der Waals surface area contributed by atoms with E-state index in [9.17, 15) is 9.90 Å². The molecule has 0 amide bonds. The monoisotopic (exact) mass is 293 g/mol. The molecule has 1 heterocycles. The van der Waals surface area contributed by atoms with Crippen LogP contribution in [0.2, 0.25) is 0 Å². The molecule has 1 aromatic rings. The lowest BCUT2D eigenvalue weighted by Gasteiger charge is -2.27. The molecular weight excluding hydrogens is 266 g/mol. The molecule has 0 aliphatic carbocycles. The molecule has 0 unspecified atom stereocenters. The summed E-state index contributed by atoms with van der Waals surface area (Å²) in [5.41, 5.74) is 0.218. The lowest BCUT2D eigenvalue weighted by Crippen LogP contribution is -2.40. The first kappa shape index (κ1) is 17.6. The van der Waals surface area contributed by atoms with E-state index in [1.54, 1.807) is 12.4 Å². The largest absolute Gasteiger partial charge is 0.481 e. The Hall–Kier alpha value is -1.49. The molecule has 5 nitrogen and oxygen atoms in total. The molecule has 118 valence electrons. The average molecular weight is 293 g/mol. The molecule has 0 bridgehead atoms. The molecule has 0 aliphatic rings. The lowest BCUT2D eigenvalue weighted by molar-refractivity contribution is -0.149. The van der Waals surface area contributed by atoms with Crippen LogP contribution in [0.5, 0.6) is 0 Å². The number of aromatic nitrogens is 2. The Morgan fingerprint density at radius 2 is 1.71 bits per heavy atom. The topological polar surface area (TPSA) is 75.1 Å². The molecule has 1 aromatic heterocycles. The maximum Gasteiger partial charge on any atom is 0.310 e. The van der Waals surface area contributed by atoms with E-state index in [2.05, 4.69) is 36.1 Å². The Balaban J connectivity index is 2.62. The van der Waals surface area contributed by atoms with E-state index in [4.69, 9.17) is 0 Å². The van der Waals surface area contributed by atoms with E-state index in [0.29, 0.717) is 25.9 Å². The highest BCUT2D eigenvalue weighted by Crippen LogP contribution is 2.25. The van der Waals surface area contributed by atoms with Gasteiger partial charge in [-0.2, -0.15) is 0 Å². The quantitative estimate of drug-likeness (QED) is 0.808. The van der Waals surface area contributed by atoms with Crippen LogP contribution < -0.4 is 5.32 Å². The minimum atomic E-state index is -0.737. The fourth-order valence-corrected chi connectivity index (χ4v) is 2.16. The van der Waals surface area contributed by atoms with Gasteiger partial charge in [0.15, 0.2) is 0 Å². The van der Waals surface area contributed by atoms with Crippen LogP contribution >= 0.6 is 0 Å². The van der Waals surface area contributed by atoms with Gasteiger partial charge in [-0.3, -0.25) is 4.79 Å². The summed E-state index contributed by atoms with van der Waals surface area (Å²) in [6.07, 6.45) is 4.85. The van der Waals surface area contributed by atoms with E-state index in [1.807, 2.05) is 13.8 Å². The Kier molecular flexibility index (Phi) is 5.84. The predicted octanol–water partition coefficient (Wildman–Crippen LogP) is 2.75. The third kappa shape index (κ3) is 4.49. The van der Waals surface area contributed by atoms with Crippen LogP contribution in [0.4, 0.5) is 0 Å². The Morgan fingerprint density at radius 1 is 1.19 bits per heavy atom. The second-order valence-corrected chi connectivity index (χ2v) is 6.56. The Bertz CT molecular complexity index is 459. The van der Waals surface area contributed by atoms with Crippen LogP contribution in [0.15, 0.2) is 12.4 Å². The van der Waals surface area contributed by atoms with Gasteiger partial charge in [-0.05, 0) is 12.8 Å². The van der Waals surface area contributed by atoms with Crippen molar-refractivity contribution in [2.75, 3.05) is 6.54 Å². The maximum atomic E-state index is 11.4. The van der Waals surface area contributed by atoms with E-state index >= 15 is 0 Å². The number of carboxylic acids is 1. The maximum absolute atomic E-state index is 11.4. The van der Waals surface area contributed by atoms with Gasteiger partial charge in [0.25, 0.3) is 0 Å². The Morgan fingerprint density at radius 3 is 2.10 bits per heavy atom. The van der Waals surface area contributed by atoms with Crippen molar-refractivity contribution in [3.8, 4) is 0 Å². The number of aliphatic carboxylic acids is 1. The molecule has 0 saturated carbocycles. The Labute approximate surface area is 127 Å². The molecule has 0 spiro atoms. The first-order valence-electron chi connectivity index (χ1n) is 7.50. The number of rotatable bonds is 7. The van der Waals surface area contributed by atoms with Gasteiger partial charge in [-0.1, -0.05) is 34.6 Å². The highest BCUT2D eigenvalue weighted by Gasteiger charge is 2.34. The molecule has 1 rings (SSSR count). The summed E-state index contributed by atoms with van der Waals surface area (Å²) in [5, 5.41) is 12.6. The zero-order chi connectivity index (χ0) is 16.1. The van der Waals surface area contributed by atoms with Crippen molar-refractivity contribution in [2.24, 2.45) is 5.41 Å². The lowest BCUT2D eigenvalue weighted by atomic mass is 9.82. The number of nitrogens with one attached hydrogen (secondary N) is 1. The molecule has 5 heteroatoms. The van der Waals surface area contributed by atoms with Gasteiger partial charge in [0.05, 0.1) is 5.41 Å². The van der Waals surface area contributed by atoms with Crippen molar-refractivity contribution in [2.45, 2.75) is 59.4 Å². The van der Waals surface area contributed by atoms with E-state index < -0.39 is 11.4 Å². The predicted molar refractivity (Wildman–Crippen MR) is 83.1 cm³/mol. The smallest absolute Gasteiger partial charge is 0.310 e. The van der Waals surface area contributed by atoms with Crippen LogP contribution in [0, 0.1) is 5.41 Å². The van der Waals surface area contributed by atoms with Crippen molar-refractivity contribution in [1.29, 1.82) is 0 Å². The average Bonchev–Trinajstić information content (AvgIpc) is 2.43. The van der Waals surface area contributed by atoms with Crippen molar-refractivity contribution < 1.29 is 9.90 Å². The summed E-state index contributed by atoms with van der Waals surface area (Å²) in [6, 6.07) is 0. The highest BCUT2D eigenvalue weighted by molar-refractivity contribution is 5.74. The summed E-state index contributed by atoms with van der Waals surface area (Å²) in [6.45, 7) is 11.1. The highest BCUT2D eigenvalue weighted by atomic mass is 16.4. The van der Waals surface area contributed by atoms with Crippen LogP contribution in [0.25, 0.3) is 0 Å². The molecule has 0 aromatic carbocycles. The minimum Gasteiger partial charge on any atom is -0.481 e. The van der Waals surface area contributed by atoms with Gasteiger partial charge in [-0.15, -0.1) is 0 Å². The van der Waals surface area contributed by atoms with Crippen molar-refractivity contribution >= 4 is 5.97 Å². The number of carboxylic acid groups (broad SMARTS) is 1. The van der Waals surface area contributed by atoms with Crippen LogP contribution in [0.1, 0.15) is 58.8 Å². The fourth-order valence-electron chi connectivity index (χ4n) is 2.16. The normalized spacial score (nSPS) is 12.4. The molecule has 0 aliphatic heterocycles. The molecule has 0 atom stereocenters. The number of hydrogen-bond donors (Lipinski definition) is 2. The minimum absolute atomic E-state index is 0.0607. The number of carbonyl (C=O) groups is 1. The molecule has 0 saturated heterocycles. The molecular formula is C16H27N3O2. The van der Waals surface area contributed by atoms with Crippen molar-refractivity contribution in [3.05, 3.63) is 23.8 Å². The third-order valence-electron chi connectivity index (χ3n) is 3.98. The summed E-state index contributed by atoms with van der Waals surface area (Å²) in [4.78, 5) is 20.2. The third-order valence-corrected chi connectivity index (χ3v) is 3.98. The fraction of sp³-hybridized carbons (Fsp3) is 0.688. The van der Waals surface area contributed by atoms with E-state index in [-0.39, 0.29) is 5.41 Å². The SMILES string of the molecule is CCC(CC)(CNCc1cnc(C(C)(C)C)nc1)C(=O)O. The summed E-state index contributed by atoms with van der Waals surface area (Å²) in [7, 11) is 0. The number of nitrogens with zero attached hydrogens (tertiary/aromatic N) is 2. The zero-order valence-electron chi connectivity index (χ0n) is 13.7. The van der Waals surface area contributed by atoms with Crippen molar-refractivity contribution in [3.63, 3.8) is 0 Å². The summed E-state index contributed by atoms with van der Waals surface area (Å²) in [5.74, 6) is 0.0765. The van der Waals surface area contributed by atoms with E-state index in [1.165, 1.54) is 0 Å². The second-order valence-electron chi connectivity index (χ2n) is 6.56. The standard InChI is InChI=1S/C16H27N3O2/c1-6-16(7-2,14(20)21)11-17-8-12-9-18-13(19-10-12)15(3,4)5/h9-10,17H,6-8,11H2,1-5H3,(H,20,21). The van der Waals surface area contributed by atoms with Crippen LogP contribution in [-0.4, -0.2) is 27.6 Å². The first-order valence-corrected chi connectivity index (χ1v) is 7.50. The van der Waals surface area contributed by atoms with Gasteiger partial charge in [0, 0.05) is 36.5 Å². The second kappa shape index (κ2) is 6.98. The molecule has 0 fully saturated rings. The molecule has 21 heavy (non-hydrogen) atoms. The van der Waals surface area contributed by atoms with Gasteiger partial charge in [0.1, 0.15) is 5.82 Å². The van der Waals surface area contributed by atoms with Gasteiger partial charge in [-0.25, -0.2) is 9.97 Å². The van der Waals surface area contributed by atoms with Crippen molar-refractivity contribution in [1.82, 2.24) is 15.3 Å². The van der Waals surface area contributed by atoms with Crippen LogP contribution in [0.3, 0.4) is 0 Å². The summed E-state index contributed by atoms with van der Waals surface area (Å²) < 4.78 is 0. The van der Waals surface area contributed by atoms with Gasteiger partial charge < -0.3 is 10.4 Å². The summed E-state index contributed by atoms with van der Waals surface area (Å²) >= 11 is 0. The van der Waals surface area contributed by atoms with Gasteiger partial charge >= 0.3 is 5.97 Å².